The van der Waals surface area contributed by atoms with Gasteiger partial charge in [-0.3, -0.25) is 14.4 Å². The van der Waals surface area contributed by atoms with Crippen LogP contribution < -0.4 is 15.4 Å². The number of hydrogen-bond donors (Lipinski definition) is 2. The molecule has 2 N–H and O–H groups in total. The van der Waals surface area contributed by atoms with Gasteiger partial charge in [-0.25, -0.2) is 0 Å². The highest BCUT2D eigenvalue weighted by atomic mass is 35.5. The number of carbonyl (C=O) groups excluding carboxylic acids is 3. The van der Waals surface area contributed by atoms with E-state index >= 15 is 0 Å². The van der Waals surface area contributed by atoms with E-state index in [1.165, 1.54) is 12.1 Å². The van der Waals surface area contributed by atoms with Gasteiger partial charge in [-0.15, -0.1) is 0 Å². The Balaban J connectivity index is 1.70. The smallest absolute Gasteiger partial charge is 0.306 e. The van der Waals surface area contributed by atoms with Crippen LogP contribution >= 0.6 is 23.2 Å². The Morgan fingerprint density at radius 1 is 0.929 bits per heavy atom. The number of ether oxygens (including phenoxy) is 2. The summed E-state index contributed by atoms with van der Waals surface area (Å²) < 4.78 is 9.88. The predicted molar refractivity (Wildman–Crippen MR) is 107 cm³/mol. The number of esters is 1. The minimum absolute atomic E-state index is 0.0768. The van der Waals surface area contributed by atoms with Crippen LogP contribution in [0, 0.1) is 0 Å². The zero-order valence-electron chi connectivity index (χ0n) is 15.0. The first kappa shape index (κ1) is 21.5. The van der Waals surface area contributed by atoms with Crippen molar-refractivity contribution in [2.75, 3.05) is 24.4 Å². The molecular formula is C19H18Cl2N2O5. The fourth-order valence-corrected chi connectivity index (χ4v) is 2.45. The molecule has 0 heterocycles. The molecule has 7 nitrogen and oxygen atoms in total. The van der Waals surface area contributed by atoms with Crippen LogP contribution in [-0.4, -0.2) is 31.5 Å². The van der Waals surface area contributed by atoms with E-state index in [0.29, 0.717) is 27.2 Å². The van der Waals surface area contributed by atoms with E-state index in [1.54, 1.807) is 37.4 Å². The first-order valence-corrected chi connectivity index (χ1v) is 8.97. The summed E-state index contributed by atoms with van der Waals surface area (Å²) in [4.78, 5) is 35.4. The molecule has 0 radical (unpaired) electrons. The third-order valence-corrected chi connectivity index (χ3v) is 4.06. The van der Waals surface area contributed by atoms with Gasteiger partial charge in [0.25, 0.3) is 5.91 Å². The molecule has 0 aromatic heterocycles. The summed E-state index contributed by atoms with van der Waals surface area (Å²) in [5.41, 5.74) is 0.894. The van der Waals surface area contributed by atoms with Crippen LogP contribution in [0.4, 0.5) is 11.4 Å². The first-order valence-electron chi connectivity index (χ1n) is 8.22. The Morgan fingerprint density at radius 3 is 2.32 bits per heavy atom. The number of carbonyl (C=O) groups is 3. The molecule has 9 heteroatoms. The maximum absolute atomic E-state index is 11.9. The lowest BCUT2D eigenvalue weighted by Gasteiger charge is -2.09. The van der Waals surface area contributed by atoms with Gasteiger partial charge in [-0.1, -0.05) is 23.2 Å². The average molecular weight is 425 g/mol. The van der Waals surface area contributed by atoms with Crippen LogP contribution in [0.2, 0.25) is 10.0 Å². The number of anilines is 2. The van der Waals surface area contributed by atoms with Crippen LogP contribution in [0.5, 0.6) is 5.75 Å². The number of halogens is 2. The lowest BCUT2D eigenvalue weighted by atomic mass is 10.2. The van der Waals surface area contributed by atoms with E-state index < -0.39 is 18.5 Å². The molecule has 0 aliphatic rings. The Bertz CT molecular complexity index is 856. The summed E-state index contributed by atoms with van der Waals surface area (Å²) in [6.45, 7) is -0.498. The maximum atomic E-state index is 11.9. The highest BCUT2D eigenvalue weighted by Crippen LogP contribution is 2.25. The van der Waals surface area contributed by atoms with Gasteiger partial charge >= 0.3 is 5.97 Å². The standard InChI is InChI=1S/C19H18Cl2N2O5/c1-27-14-5-3-13(4-6-14)22-17(24)8-9-19(26)28-11-18(25)23-16-10-12(20)2-7-15(16)21/h2-7,10H,8-9,11H2,1H3,(H,22,24)(H,23,25). The van der Waals surface area contributed by atoms with Gasteiger partial charge in [0.2, 0.25) is 5.91 Å². The minimum Gasteiger partial charge on any atom is -0.497 e. The molecule has 2 amide bonds. The summed E-state index contributed by atoms with van der Waals surface area (Å²) in [5, 5.41) is 5.85. The molecule has 28 heavy (non-hydrogen) atoms. The molecule has 0 atom stereocenters. The quantitative estimate of drug-likeness (QED) is 0.626. The van der Waals surface area contributed by atoms with Gasteiger partial charge in [-0.2, -0.15) is 0 Å². The third-order valence-electron chi connectivity index (χ3n) is 3.50. The lowest BCUT2D eigenvalue weighted by Crippen LogP contribution is -2.22. The van der Waals surface area contributed by atoms with Crippen molar-refractivity contribution in [2.24, 2.45) is 0 Å². The fourth-order valence-electron chi connectivity index (χ4n) is 2.11. The Hall–Kier alpha value is -2.77. The number of nitrogens with one attached hydrogen (secondary N) is 2. The largest absolute Gasteiger partial charge is 0.497 e. The molecule has 0 fully saturated rings. The first-order chi connectivity index (χ1) is 13.4. The molecule has 0 saturated heterocycles. The molecule has 148 valence electrons. The average Bonchev–Trinajstić information content (AvgIpc) is 2.68. The van der Waals surface area contributed by atoms with Gasteiger partial charge < -0.3 is 20.1 Å². The molecule has 0 bridgehead atoms. The van der Waals surface area contributed by atoms with Crippen LogP contribution in [-0.2, 0) is 19.1 Å². The molecular weight excluding hydrogens is 407 g/mol. The molecule has 2 aromatic rings. The Labute approximate surface area is 171 Å². The molecule has 2 aromatic carbocycles. The number of benzene rings is 2. The number of methoxy groups -OCH3 is 1. The summed E-state index contributed by atoms with van der Waals surface area (Å²) in [5.74, 6) is -0.923. The number of amides is 2. The zero-order valence-corrected chi connectivity index (χ0v) is 16.5. The van der Waals surface area contributed by atoms with Crippen LogP contribution in [0.25, 0.3) is 0 Å². The fraction of sp³-hybridized carbons (Fsp3) is 0.211. The van der Waals surface area contributed by atoms with Gasteiger partial charge in [0.15, 0.2) is 6.61 Å². The summed E-state index contributed by atoms with van der Waals surface area (Å²) in [6.07, 6.45) is -0.236. The summed E-state index contributed by atoms with van der Waals surface area (Å²) >= 11 is 11.8. The molecule has 0 spiro atoms. The Morgan fingerprint density at radius 2 is 1.64 bits per heavy atom. The van der Waals surface area contributed by atoms with E-state index in [1.807, 2.05) is 0 Å². The summed E-state index contributed by atoms with van der Waals surface area (Å²) in [7, 11) is 1.54. The Kier molecular flexibility index (Phi) is 8.10. The van der Waals surface area contributed by atoms with Crippen molar-refractivity contribution in [1.82, 2.24) is 0 Å². The van der Waals surface area contributed by atoms with E-state index in [2.05, 4.69) is 10.6 Å². The van der Waals surface area contributed by atoms with E-state index in [4.69, 9.17) is 32.7 Å². The number of hydrogen-bond acceptors (Lipinski definition) is 5. The topological polar surface area (TPSA) is 93.7 Å². The molecule has 0 aliphatic carbocycles. The van der Waals surface area contributed by atoms with E-state index in [0.717, 1.165) is 0 Å². The van der Waals surface area contributed by atoms with E-state index in [9.17, 15) is 14.4 Å². The van der Waals surface area contributed by atoms with Gasteiger partial charge in [0.1, 0.15) is 5.75 Å². The third kappa shape index (κ3) is 7.09. The van der Waals surface area contributed by atoms with E-state index in [-0.39, 0.29) is 18.7 Å². The zero-order chi connectivity index (χ0) is 20.5. The van der Waals surface area contributed by atoms with Crippen molar-refractivity contribution in [2.45, 2.75) is 12.8 Å². The lowest BCUT2D eigenvalue weighted by molar-refractivity contribution is -0.147. The van der Waals surface area contributed by atoms with Crippen LogP contribution in [0.15, 0.2) is 42.5 Å². The second kappa shape index (κ2) is 10.5. The van der Waals surface area contributed by atoms with Gasteiger partial charge in [0.05, 0.1) is 24.2 Å². The highest BCUT2D eigenvalue weighted by molar-refractivity contribution is 6.35. The van der Waals surface area contributed by atoms with Crippen molar-refractivity contribution >= 4 is 52.4 Å². The number of rotatable bonds is 8. The van der Waals surface area contributed by atoms with Crippen LogP contribution in [0.3, 0.4) is 0 Å². The van der Waals surface area contributed by atoms with Gasteiger partial charge in [0, 0.05) is 17.1 Å². The highest BCUT2D eigenvalue weighted by Gasteiger charge is 2.12. The second-order valence-corrected chi connectivity index (χ2v) is 6.45. The molecule has 0 unspecified atom stereocenters. The maximum Gasteiger partial charge on any atom is 0.306 e. The van der Waals surface area contributed by atoms with Crippen molar-refractivity contribution < 1.29 is 23.9 Å². The van der Waals surface area contributed by atoms with Crippen molar-refractivity contribution in [3.8, 4) is 5.75 Å². The molecule has 2 rings (SSSR count). The van der Waals surface area contributed by atoms with Gasteiger partial charge in [-0.05, 0) is 42.5 Å². The monoisotopic (exact) mass is 424 g/mol. The molecule has 0 aliphatic heterocycles. The normalized spacial score (nSPS) is 10.1. The van der Waals surface area contributed by atoms with Crippen molar-refractivity contribution in [3.05, 3.63) is 52.5 Å². The van der Waals surface area contributed by atoms with Crippen molar-refractivity contribution in [3.63, 3.8) is 0 Å². The SMILES string of the molecule is COc1ccc(NC(=O)CCC(=O)OCC(=O)Nc2cc(Cl)ccc2Cl)cc1. The minimum atomic E-state index is -0.669. The summed E-state index contributed by atoms with van der Waals surface area (Å²) in [6, 6.07) is 11.4. The van der Waals surface area contributed by atoms with Crippen LogP contribution in [0.1, 0.15) is 12.8 Å². The molecule has 0 saturated carbocycles. The second-order valence-electron chi connectivity index (χ2n) is 5.61. The van der Waals surface area contributed by atoms with Crippen molar-refractivity contribution in [1.29, 1.82) is 0 Å². The predicted octanol–water partition coefficient (Wildman–Crippen LogP) is 3.90.